The summed E-state index contributed by atoms with van der Waals surface area (Å²) in [6.45, 7) is 2.28. The summed E-state index contributed by atoms with van der Waals surface area (Å²) in [6, 6.07) is 10.2. The van der Waals surface area contributed by atoms with Crippen LogP contribution in [0.4, 0.5) is 0 Å². The first-order valence-corrected chi connectivity index (χ1v) is 7.17. The molecule has 0 radical (unpaired) electrons. The molecule has 1 amide bonds. The molecule has 0 atom stereocenters. The maximum atomic E-state index is 11.8. The zero-order chi connectivity index (χ0) is 16.7. The molecule has 0 saturated carbocycles. The molecular formula is C16H19N3O4. The summed E-state index contributed by atoms with van der Waals surface area (Å²) in [5, 5.41) is 6.77. The van der Waals surface area contributed by atoms with Gasteiger partial charge in [-0.2, -0.15) is 5.10 Å². The molecule has 2 aromatic rings. The lowest BCUT2D eigenvalue weighted by molar-refractivity contribution is -0.123. The number of rotatable bonds is 7. The van der Waals surface area contributed by atoms with E-state index in [-0.39, 0.29) is 18.1 Å². The molecule has 0 fully saturated rings. The second kappa shape index (κ2) is 7.98. The smallest absolute Gasteiger partial charge is 0.266 e. The minimum atomic E-state index is -0.281. The van der Waals surface area contributed by atoms with Crippen molar-refractivity contribution < 1.29 is 14.3 Å². The highest BCUT2D eigenvalue weighted by atomic mass is 16.5. The lowest BCUT2D eigenvalue weighted by Gasteiger charge is -2.10. The van der Waals surface area contributed by atoms with Crippen LogP contribution >= 0.6 is 0 Å². The Morgan fingerprint density at radius 2 is 1.96 bits per heavy atom. The van der Waals surface area contributed by atoms with Crippen molar-refractivity contribution in [2.45, 2.75) is 13.5 Å². The number of aromatic nitrogens is 2. The van der Waals surface area contributed by atoms with Crippen LogP contribution in [0.3, 0.4) is 0 Å². The summed E-state index contributed by atoms with van der Waals surface area (Å²) in [4.78, 5) is 23.4. The maximum Gasteiger partial charge on any atom is 0.266 e. The van der Waals surface area contributed by atoms with E-state index in [2.05, 4.69) is 10.4 Å². The van der Waals surface area contributed by atoms with E-state index in [4.69, 9.17) is 9.47 Å². The highest BCUT2D eigenvalue weighted by Gasteiger charge is 2.06. The largest absolute Gasteiger partial charge is 0.493 e. The number of hydrogen-bond donors (Lipinski definition) is 1. The van der Waals surface area contributed by atoms with Gasteiger partial charge >= 0.3 is 0 Å². The van der Waals surface area contributed by atoms with Crippen molar-refractivity contribution in [1.82, 2.24) is 15.1 Å². The van der Waals surface area contributed by atoms with Crippen LogP contribution in [0.2, 0.25) is 0 Å². The molecule has 1 aromatic carbocycles. The van der Waals surface area contributed by atoms with Crippen LogP contribution < -0.4 is 20.3 Å². The van der Waals surface area contributed by atoms with Gasteiger partial charge in [-0.15, -0.1) is 0 Å². The van der Waals surface area contributed by atoms with Gasteiger partial charge in [0.25, 0.3) is 11.5 Å². The number of nitrogens with one attached hydrogen (secondary N) is 1. The Morgan fingerprint density at radius 3 is 2.70 bits per heavy atom. The number of para-hydroxylation sites is 2. The van der Waals surface area contributed by atoms with Gasteiger partial charge < -0.3 is 14.8 Å². The van der Waals surface area contributed by atoms with Crippen LogP contribution in [-0.2, 0) is 11.3 Å². The molecular weight excluding hydrogens is 298 g/mol. The maximum absolute atomic E-state index is 11.8. The highest BCUT2D eigenvalue weighted by Crippen LogP contribution is 2.25. The fraction of sp³-hybridized carbons (Fsp3) is 0.312. The third kappa shape index (κ3) is 4.84. The van der Waals surface area contributed by atoms with Crippen LogP contribution in [0.1, 0.15) is 5.69 Å². The van der Waals surface area contributed by atoms with Crippen LogP contribution in [0.5, 0.6) is 11.5 Å². The molecule has 0 aliphatic heterocycles. The Labute approximate surface area is 133 Å². The predicted molar refractivity (Wildman–Crippen MR) is 84.7 cm³/mol. The standard InChI is InChI=1S/C16H19N3O4/c1-12-7-8-16(21)19(18-12)10-9-17-15(20)11-23-14-6-4-3-5-13(14)22-2/h3-8H,9-11H2,1-2H3,(H,17,20). The van der Waals surface area contributed by atoms with Crippen molar-refractivity contribution in [3.8, 4) is 11.5 Å². The van der Waals surface area contributed by atoms with Gasteiger partial charge in [0.15, 0.2) is 18.1 Å². The zero-order valence-corrected chi connectivity index (χ0v) is 13.1. The molecule has 1 N–H and O–H groups in total. The number of carbonyl (C=O) groups excluding carboxylic acids is 1. The molecule has 122 valence electrons. The van der Waals surface area contributed by atoms with E-state index >= 15 is 0 Å². The first kappa shape index (κ1) is 16.5. The van der Waals surface area contributed by atoms with E-state index < -0.39 is 0 Å². The molecule has 23 heavy (non-hydrogen) atoms. The van der Waals surface area contributed by atoms with Gasteiger partial charge in [-0.1, -0.05) is 12.1 Å². The highest BCUT2D eigenvalue weighted by molar-refractivity contribution is 5.77. The van der Waals surface area contributed by atoms with Crippen molar-refractivity contribution in [3.63, 3.8) is 0 Å². The van der Waals surface area contributed by atoms with Crippen molar-refractivity contribution in [2.24, 2.45) is 0 Å². The van der Waals surface area contributed by atoms with E-state index in [0.717, 1.165) is 5.69 Å². The van der Waals surface area contributed by atoms with Crippen molar-refractivity contribution in [1.29, 1.82) is 0 Å². The Morgan fingerprint density at radius 1 is 1.22 bits per heavy atom. The zero-order valence-electron chi connectivity index (χ0n) is 13.1. The van der Waals surface area contributed by atoms with Crippen LogP contribution in [0.15, 0.2) is 41.2 Å². The van der Waals surface area contributed by atoms with E-state index in [0.29, 0.717) is 24.6 Å². The average molecular weight is 317 g/mol. The van der Waals surface area contributed by atoms with E-state index in [1.54, 1.807) is 31.2 Å². The number of nitrogens with zero attached hydrogens (tertiary/aromatic N) is 2. The first-order valence-electron chi connectivity index (χ1n) is 7.17. The Bertz CT molecular complexity index is 727. The summed E-state index contributed by atoms with van der Waals surface area (Å²) < 4.78 is 11.9. The number of amides is 1. The summed E-state index contributed by atoms with van der Waals surface area (Å²) in [5.41, 5.74) is 0.547. The second-order valence-corrected chi connectivity index (χ2v) is 4.83. The summed E-state index contributed by atoms with van der Waals surface area (Å²) >= 11 is 0. The fourth-order valence-corrected chi connectivity index (χ4v) is 1.94. The average Bonchev–Trinajstić information content (AvgIpc) is 2.56. The Kier molecular flexibility index (Phi) is 5.74. The number of benzene rings is 1. The topological polar surface area (TPSA) is 82.4 Å². The molecule has 0 spiro atoms. The quantitative estimate of drug-likeness (QED) is 0.815. The molecule has 7 heteroatoms. The van der Waals surface area contributed by atoms with Gasteiger partial charge in [-0.25, -0.2) is 4.68 Å². The van der Waals surface area contributed by atoms with Gasteiger partial charge in [-0.05, 0) is 25.1 Å². The van der Waals surface area contributed by atoms with Crippen LogP contribution in [0.25, 0.3) is 0 Å². The second-order valence-electron chi connectivity index (χ2n) is 4.83. The Balaban J connectivity index is 1.79. The third-order valence-corrected chi connectivity index (χ3v) is 3.07. The molecule has 1 aromatic heterocycles. The van der Waals surface area contributed by atoms with Crippen molar-refractivity contribution >= 4 is 5.91 Å². The molecule has 0 bridgehead atoms. The number of aryl methyl sites for hydroxylation is 1. The fourth-order valence-electron chi connectivity index (χ4n) is 1.94. The van der Waals surface area contributed by atoms with Crippen LogP contribution in [0, 0.1) is 6.92 Å². The van der Waals surface area contributed by atoms with Gasteiger partial charge in [0.1, 0.15) is 0 Å². The molecule has 7 nitrogen and oxygen atoms in total. The van der Waals surface area contributed by atoms with E-state index in [1.165, 1.54) is 17.9 Å². The molecule has 0 aliphatic carbocycles. The number of methoxy groups -OCH3 is 1. The number of ether oxygens (including phenoxy) is 2. The van der Waals surface area contributed by atoms with Gasteiger partial charge in [0.05, 0.1) is 19.3 Å². The third-order valence-electron chi connectivity index (χ3n) is 3.07. The summed E-state index contributed by atoms with van der Waals surface area (Å²) in [5.74, 6) is 0.786. The van der Waals surface area contributed by atoms with Gasteiger partial charge in [0, 0.05) is 12.6 Å². The normalized spacial score (nSPS) is 10.2. The SMILES string of the molecule is COc1ccccc1OCC(=O)NCCn1nc(C)ccc1=O. The lowest BCUT2D eigenvalue weighted by atomic mass is 10.3. The molecule has 2 rings (SSSR count). The van der Waals surface area contributed by atoms with E-state index in [1.807, 2.05) is 6.07 Å². The minimum absolute atomic E-state index is 0.128. The molecule has 0 saturated heterocycles. The molecule has 0 aliphatic rings. The first-order chi connectivity index (χ1) is 11.1. The molecule has 0 unspecified atom stereocenters. The number of hydrogen-bond acceptors (Lipinski definition) is 5. The van der Waals surface area contributed by atoms with Crippen LogP contribution in [-0.4, -0.2) is 35.9 Å². The number of carbonyl (C=O) groups is 1. The van der Waals surface area contributed by atoms with Gasteiger partial charge in [-0.3, -0.25) is 9.59 Å². The Hall–Kier alpha value is -2.83. The summed E-state index contributed by atoms with van der Waals surface area (Å²) in [6.07, 6.45) is 0. The van der Waals surface area contributed by atoms with Crippen molar-refractivity contribution in [2.75, 3.05) is 20.3 Å². The monoisotopic (exact) mass is 317 g/mol. The summed E-state index contributed by atoms with van der Waals surface area (Å²) in [7, 11) is 1.54. The van der Waals surface area contributed by atoms with Gasteiger partial charge in [0.2, 0.25) is 0 Å². The van der Waals surface area contributed by atoms with Crippen molar-refractivity contribution in [3.05, 3.63) is 52.4 Å². The predicted octanol–water partition coefficient (Wildman–Crippen LogP) is 0.756. The van der Waals surface area contributed by atoms with E-state index in [9.17, 15) is 9.59 Å². The minimum Gasteiger partial charge on any atom is -0.493 e. The molecule has 1 heterocycles. The lowest BCUT2D eigenvalue weighted by Crippen LogP contribution is -2.34.